The van der Waals surface area contributed by atoms with Gasteiger partial charge in [0.25, 0.3) is 0 Å². The first kappa shape index (κ1) is 19.2. The Morgan fingerprint density at radius 2 is 2.23 bits per heavy atom. The average Bonchev–Trinajstić information content (AvgIpc) is 2.47. The van der Waals surface area contributed by atoms with Gasteiger partial charge in [0, 0.05) is 17.9 Å². The molecule has 0 heterocycles. The molecule has 1 unspecified atom stereocenters. The molecule has 0 saturated carbocycles. The van der Waals surface area contributed by atoms with Crippen LogP contribution < -0.4 is 11.1 Å². The predicted octanol–water partition coefficient (Wildman–Crippen LogP) is 4.11. The number of rotatable bonds is 7. The van der Waals surface area contributed by atoms with Gasteiger partial charge in [-0.15, -0.1) is 12.4 Å². The minimum atomic E-state index is 0. The Hall–Kier alpha value is -0.870. The molecule has 1 amide bonds. The fraction of sp³-hybridized carbons (Fsp3) is 0.588. The van der Waals surface area contributed by atoms with Crippen molar-refractivity contribution in [3.05, 3.63) is 29.3 Å². The normalized spacial score (nSPS) is 16.5. The van der Waals surface area contributed by atoms with Crippen molar-refractivity contribution in [2.75, 3.05) is 17.2 Å². The highest BCUT2D eigenvalue weighted by atomic mass is 35.5. The number of benzene rings is 1. The minimum Gasteiger partial charge on any atom is -0.399 e. The average molecular weight is 343 g/mol. The number of nitrogen functional groups attached to an aromatic ring is 1. The minimum absolute atomic E-state index is 0. The van der Waals surface area contributed by atoms with Crippen LogP contribution in [0, 0.1) is 0 Å². The van der Waals surface area contributed by atoms with Gasteiger partial charge in [0.1, 0.15) is 0 Å². The molecule has 124 valence electrons. The van der Waals surface area contributed by atoms with Gasteiger partial charge in [-0.1, -0.05) is 19.4 Å². The van der Waals surface area contributed by atoms with Crippen LogP contribution in [0.3, 0.4) is 0 Å². The molecule has 1 atom stereocenters. The summed E-state index contributed by atoms with van der Waals surface area (Å²) in [7, 11) is 0. The second-order valence-electron chi connectivity index (χ2n) is 5.69. The Morgan fingerprint density at radius 1 is 1.41 bits per heavy atom. The van der Waals surface area contributed by atoms with Crippen LogP contribution >= 0.6 is 24.2 Å². The lowest BCUT2D eigenvalue weighted by Crippen LogP contribution is -2.31. The van der Waals surface area contributed by atoms with Crippen molar-refractivity contribution in [1.29, 1.82) is 0 Å². The number of hydrogen-bond acceptors (Lipinski definition) is 3. The van der Waals surface area contributed by atoms with Crippen molar-refractivity contribution in [2.45, 2.75) is 51.5 Å². The number of nitrogens with two attached hydrogens (primary N) is 1. The van der Waals surface area contributed by atoms with Gasteiger partial charge in [-0.25, -0.2) is 0 Å². The van der Waals surface area contributed by atoms with Crippen LogP contribution in [-0.4, -0.2) is 17.4 Å². The van der Waals surface area contributed by atoms with Gasteiger partial charge >= 0.3 is 0 Å². The van der Waals surface area contributed by atoms with Crippen molar-refractivity contribution in [3.63, 3.8) is 0 Å². The molecule has 0 fully saturated rings. The van der Waals surface area contributed by atoms with Crippen LogP contribution in [0.25, 0.3) is 0 Å². The highest BCUT2D eigenvalue weighted by molar-refractivity contribution is 7.99. The Morgan fingerprint density at radius 3 is 3.00 bits per heavy atom. The Balaban J connectivity index is 0.00000242. The van der Waals surface area contributed by atoms with Crippen molar-refractivity contribution < 1.29 is 4.79 Å². The summed E-state index contributed by atoms with van der Waals surface area (Å²) in [6.07, 6.45) is 6.30. The third-order valence-electron chi connectivity index (χ3n) is 3.93. The molecule has 2 rings (SSSR count). The zero-order chi connectivity index (χ0) is 15.1. The molecular formula is C17H27ClN2OS. The lowest BCUT2D eigenvalue weighted by Gasteiger charge is -2.26. The van der Waals surface area contributed by atoms with E-state index in [1.54, 1.807) is 0 Å². The number of carbonyl (C=O) groups excluding carboxylic acids is 1. The SMILES string of the molecule is CCCCSCCC(=O)NC1CCCc2cc(N)ccc21.Cl. The van der Waals surface area contributed by atoms with Crippen LogP contribution in [0.4, 0.5) is 5.69 Å². The van der Waals surface area contributed by atoms with Crippen LogP contribution in [-0.2, 0) is 11.2 Å². The van der Waals surface area contributed by atoms with Gasteiger partial charge in [0.2, 0.25) is 5.91 Å². The van der Waals surface area contributed by atoms with E-state index in [1.165, 1.54) is 24.0 Å². The molecule has 0 aromatic heterocycles. The number of thioether (sulfide) groups is 1. The fourth-order valence-corrected chi connectivity index (χ4v) is 3.79. The van der Waals surface area contributed by atoms with E-state index in [4.69, 9.17) is 5.73 Å². The second-order valence-corrected chi connectivity index (χ2v) is 6.91. The largest absolute Gasteiger partial charge is 0.399 e. The first-order chi connectivity index (χ1) is 10.2. The maximum absolute atomic E-state index is 12.1. The molecule has 0 bridgehead atoms. The number of nitrogens with one attached hydrogen (secondary N) is 1. The van der Waals surface area contributed by atoms with E-state index in [2.05, 4.69) is 18.3 Å². The summed E-state index contributed by atoms with van der Waals surface area (Å²) in [6, 6.07) is 6.23. The van der Waals surface area contributed by atoms with Crippen molar-refractivity contribution in [3.8, 4) is 0 Å². The maximum atomic E-state index is 12.1. The van der Waals surface area contributed by atoms with E-state index in [0.717, 1.165) is 36.5 Å². The standard InChI is InChI=1S/C17H26N2OS.ClH/c1-2-3-10-21-11-9-17(20)19-16-6-4-5-13-12-14(18)7-8-15(13)16;/h7-8,12,16H,2-6,9-11,18H2,1H3,(H,19,20);1H. The summed E-state index contributed by atoms with van der Waals surface area (Å²) >= 11 is 1.88. The van der Waals surface area contributed by atoms with E-state index >= 15 is 0 Å². The molecule has 1 aromatic rings. The van der Waals surface area contributed by atoms with E-state index < -0.39 is 0 Å². The van der Waals surface area contributed by atoms with Crippen LogP contribution in [0.2, 0.25) is 0 Å². The fourth-order valence-electron chi connectivity index (χ4n) is 2.76. The molecular weight excluding hydrogens is 316 g/mol. The van der Waals surface area contributed by atoms with E-state index in [9.17, 15) is 4.79 Å². The Kier molecular flexibility index (Phi) is 8.72. The van der Waals surface area contributed by atoms with Crippen molar-refractivity contribution >= 4 is 35.8 Å². The molecule has 3 nitrogen and oxygen atoms in total. The monoisotopic (exact) mass is 342 g/mol. The van der Waals surface area contributed by atoms with Gasteiger partial charge in [-0.2, -0.15) is 11.8 Å². The Labute approximate surface area is 144 Å². The quantitative estimate of drug-likeness (QED) is 0.579. The molecule has 1 aliphatic carbocycles. The first-order valence-electron chi connectivity index (χ1n) is 7.96. The van der Waals surface area contributed by atoms with Gasteiger partial charge in [-0.3, -0.25) is 4.79 Å². The van der Waals surface area contributed by atoms with E-state index in [-0.39, 0.29) is 24.4 Å². The van der Waals surface area contributed by atoms with E-state index in [0.29, 0.717) is 6.42 Å². The van der Waals surface area contributed by atoms with Gasteiger partial charge in [0.05, 0.1) is 6.04 Å². The van der Waals surface area contributed by atoms with E-state index in [1.807, 2.05) is 23.9 Å². The van der Waals surface area contributed by atoms with Crippen LogP contribution in [0.1, 0.15) is 56.2 Å². The maximum Gasteiger partial charge on any atom is 0.221 e. The van der Waals surface area contributed by atoms with Gasteiger partial charge in [0.15, 0.2) is 0 Å². The van der Waals surface area contributed by atoms with Crippen molar-refractivity contribution in [1.82, 2.24) is 5.32 Å². The number of unbranched alkanes of at least 4 members (excludes halogenated alkanes) is 1. The molecule has 0 spiro atoms. The zero-order valence-electron chi connectivity index (χ0n) is 13.3. The number of fused-ring (bicyclic) bond motifs is 1. The highest BCUT2D eigenvalue weighted by Crippen LogP contribution is 2.31. The molecule has 3 N–H and O–H groups in total. The molecule has 1 aliphatic rings. The molecule has 0 saturated heterocycles. The summed E-state index contributed by atoms with van der Waals surface area (Å²) in [5.74, 6) is 2.26. The second kappa shape index (κ2) is 10.0. The van der Waals surface area contributed by atoms with Gasteiger partial charge < -0.3 is 11.1 Å². The number of carbonyl (C=O) groups is 1. The summed E-state index contributed by atoms with van der Waals surface area (Å²) in [4.78, 5) is 12.1. The number of aryl methyl sites for hydroxylation is 1. The van der Waals surface area contributed by atoms with Crippen LogP contribution in [0.5, 0.6) is 0 Å². The zero-order valence-corrected chi connectivity index (χ0v) is 14.9. The van der Waals surface area contributed by atoms with Crippen LogP contribution in [0.15, 0.2) is 18.2 Å². The topological polar surface area (TPSA) is 55.1 Å². The third-order valence-corrected chi connectivity index (χ3v) is 5.00. The number of hydrogen-bond donors (Lipinski definition) is 2. The predicted molar refractivity (Wildman–Crippen MR) is 98.8 cm³/mol. The Bertz CT molecular complexity index is 482. The summed E-state index contributed by atoms with van der Waals surface area (Å²) < 4.78 is 0. The number of halogens is 1. The first-order valence-corrected chi connectivity index (χ1v) is 9.11. The summed E-state index contributed by atoms with van der Waals surface area (Å²) in [5.41, 5.74) is 9.20. The van der Waals surface area contributed by atoms with Gasteiger partial charge in [-0.05, 0) is 54.7 Å². The lowest BCUT2D eigenvalue weighted by molar-refractivity contribution is -0.121. The lowest BCUT2D eigenvalue weighted by atomic mass is 9.87. The number of amides is 1. The molecule has 22 heavy (non-hydrogen) atoms. The molecule has 0 aliphatic heterocycles. The number of anilines is 1. The smallest absolute Gasteiger partial charge is 0.221 e. The molecule has 0 radical (unpaired) electrons. The highest BCUT2D eigenvalue weighted by Gasteiger charge is 2.21. The third kappa shape index (κ3) is 5.73. The summed E-state index contributed by atoms with van der Waals surface area (Å²) in [5, 5.41) is 3.19. The van der Waals surface area contributed by atoms with Crippen molar-refractivity contribution in [2.24, 2.45) is 0 Å². The summed E-state index contributed by atoms with van der Waals surface area (Å²) in [6.45, 7) is 2.19. The molecule has 5 heteroatoms. The molecule has 1 aromatic carbocycles.